The largest absolute Gasteiger partial charge is 0.493 e. The van der Waals surface area contributed by atoms with Crippen LogP contribution in [0.5, 0.6) is 11.5 Å². The number of aryl methyl sites for hydroxylation is 1. The molecule has 10 heteroatoms. The number of rotatable bonds is 9. The van der Waals surface area contributed by atoms with Crippen molar-refractivity contribution >= 4 is 28.9 Å². The molecule has 2 aromatic carbocycles. The first-order valence-electron chi connectivity index (χ1n) is 11.2. The smallest absolute Gasteiger partial charge is 0.342 e. The van der Waals surface area contributed by atoms with Crippen LogP contribution in [-0.2, 0) is 22.7 Å². The number of anilines is 1. The van der Waals surface area contributed by atoms with Crippen molar-refractivity contribution in [2.24, 2.45) is 0 Å². The van der Waals surface area contributed by atoms with Gasteiger partial charge in [-0.2, -0.15) is 4.98 Å². The summed E-state index contributed by atoms with van der Waals surface area (Å²) in [6.07, 6.45) is 0. The first kappa shape index (κ1) is 24.5. The van der Waals surface area contributed by atoms with E-state index < -0.39 is 11.9 Å². The van der Waals surface area contributed by atoms with Gasteiger partial charge in [0.1, 0.15) is 23.7 Å². The average Bonchev–Trinajstić information content (AvgIpc) is 3.23. The second kappa shape index (κ2) is 10.8. The summed E-state index contributed by atoms with van der Waals surface area (Å²) >= 11 is 0. The van der Waals surface area contributed by atoms with Gasteiger partial charge in [0.05, 0.1) is 24.7 Å². The number of fused-ring (bicyclic) bond motifs is 1. The predicted molar refractivity (Wildman–Crippen MR) is 130 cm³/mol. The molecule has 0 aliphatic heterocycles. The van der Waals surface area contributed by atoms with Crippen LogP contribution in [0, 0.1) is 6.92 Å². The van der Waals surface area contributed by atoms with Crippen LogP contribution in [0.25, 0.3) is 11.1 Å². The molecule has 0 atom stereocenters. The fraction of sp³-hybridized carbons (Fsp3) is 0.231. The maximum absolute atomic E-state index is 12.7. The van der Waals surface area contributed by atoms with Crippen molar-refractivity contribution in [3.8, 4) is 11.5 Å². The van der Waals surface area contributed by atoms with Crippen LogP contribution in [0.1, 0.15) is 44.8 Å². The number of benzene rings is 2. The van der Waals surface area contributed by atoms with Gasteiger partial charge in [-0.1, -0.05) is 30.3 Å². The normalized spacial score (nSPS) is 10.8. The Morgan fingerprint density at radius 1 is 0.972 bits per heavy atom. The molecular formula is C26H25N3O7. The van der Waals surface area contributed by atoms with Crippen LogP contribution in [0.2, 0.25) is 0 Å². The van der Waals surface area contributed by atoms with Gasteiger partial charge in [-0.25, -0.2) is 14.6 Å². The predicted octanol–water partition coefficient (Wildman–Crippen LogP) is 4.23. The number of ether oxygens (including phenoxy) is 4. The Kier molecular flexibility index (Phi) is 7.33. The summed E-state index contributed by atoms with van der Waals surface area (Å²) in [7, 11) is 1.49. The molecule has 4 aromatic rings. The molecular weight excluding hydrogens is 466 g/mol. The van der Waals surface area contributed by atoms with E-state index in [1.54, 1.807) is 26.0 Å². The number of carbonyl (C=O) groups is 2. The van der Waals surface area contributed by atoms with Crippen LogP contribution >= 0.6 is 0 Å². The van der Waals surface area contributed by atoms with Crippen molar-refractivity contribution in [2.45, 2.75) is 27.1 Å². The Balaban J connectivity index is 1.46. The number of hydrogen-bond acceptors (Lipinski definition) is 10. The Labute approximate surface area is 206 Å². The minimum absolute atomic E-state index is 0.0209. The van der Waals surface area contributed by atoms with E-state index in [0.717, 1.165) is 5.56 Å². The zero-order valence-electron chi connectivity index (χ0n) is 20.1. The fourth-order valence-electron chi connectivity index (χ4n) is 3.56. The number of carbonyl (C=O) groups excluding carboxylic acids is 2. The molecule has 2 N–H and O–H groups in total. The van der Waals surface area contributed by atoms with Crippen molar-refractivity contribution in [2.75, 3.05) is 19.5 Å². The lowest BCUT2D eigenvalue weighted by Crippen LogP contribution is -2.10. The lowest BCUT2D eigenvalue weighted by molar-refractivity contribution is 0.0460. The van der Waals surface area contributed by atoms with E-state index >= 15 is 0 Å². The molecule has 4 rings (SSSR count). The number of nitrogens with two attached hydrogens (primary N) is 1. The Bertz CT molecular complexity index is 1400. The van der Waals surface area contributed by atoms with E-state index in [-0.39, 0.29) is 47.1 Å². The molecule has 0 spiro atoms. The molecule has 0 aliphatic carbocycles. The molecule has 36 heavy (non-hydrogen) atoms. The topological polar surface area (TPSA) is 136 Å². The number of nitrogens with zero attached hydrogens (tertiary/aromatic N) is 2. The molecule has 0 unspecified atom stereocenters. The van der Waals surface area contributed by atoms with Gasteiger partial charge in [-0.15, -0.1) is 0 Å². The molecule has 0 fully saturated rings. The lowest BCUT2D eigenvalue weighted by atomic mass is 10.2. The summed E-state index contributed by atoms with van der Waals surface area (Å²) < 4.78 is 27.2. The highest BCUT2D eigenvalue weighted by Gasteiger charge is 2.24. The first-order valence-corrected chi connectivity index (χ1v) is 11.2. The number of esters is 2. The number of furan rings is 1. The van der Waals surface area contributed by atoms with Crippen LogP contribution in [0.3, 0.4) is 0 Å². The quantitative estimate of drug-likeness (QED) is 0.339. The van der Waals surface area contributed by atoms with E-state index in [9.17, 15) is 9.59 Å². The number of aromatic nitrogens is 2. The van der Waals surface area contributed by atoms with Crippen molar-refractivity contribution in [3.63, 3.8) is 0 Å². The summed E-state index contributed by atoms with van der Waals surface area (Å²) in [6.45, 7) is 3.59. The molecule has 0 saturated carbocycles. The van der Waals surface area contributed by atoms with Gasteiger partial charge in [-0.05, 0) is 37.6 Å². The van der Waals surface area contributed by atoms with Crippen LogP contribution in [0.15, 0.2) is 52.9 Å². The van der Waals surface area contributed by atoms with Gasteiger partial charge in [0.25, 0.3) is 0 Å². The molecule has 0 amide bonds. The third-order valence-electron chi connectivity index (χ3n) is 5.25. The van der Waals surface area contributed by atoms with Gasteiger partial charge in [0.15, 0.2) is 23.9 Å². The van der Waals surface area contributed by atoms with Crippen LogP contribution in [0.4, 0.5) is 5.82 Å². The second-order valence-corrected chi connectivity index (χ2v) is 7.67. The van der Waals surface area contributed by atoms with E-state index in [1.807, 2.05) is 30.3 Å². The Morgan fingerprint density at radius 2 is 1.75 bits per heavy atom. The van der Waals surface area contributed by atoms with E-state index in [4.69, 9.17) is 29.1 Å². The molecule has 0 radical (unpaired) electrons. The van der Waals surface area contributed by atoms with Crippen LogP contribution in [-0.4, -0.2) is 35.6 Å². The summed E-state index contributed by atoms with van der Waals surface area (Å²) in [4.78, 5) is 33.3. The van der Waals surface area contributed by atoms with Crippen LogP contribution < -0.4 is 15.2 Å². The van der Waals surface area contributed by atoms with Gasteiger partial charge in [-0.3, -0.25) is 0 Å². The zero-order valence-corrected chi connectivity index (χ0v) is 20.1. The average molecular weight is 492 g/mol. The van der Waals surface area contributed by atoms with Gasteiger partial charge < -0.3 is 29.1 Å². The van der Waals surface area contributed by atoms with Gasteiger partial charge >= 0.3 is 11.9 Å². The highest BCUT2D eigenvalue weighted by Crippen LogP contribution is 2.30. The Morgan fingerprint density at radius 3 is 2.47 bits per heavy atom. The monoisotopic (exact) mass is 491 g/mol. The third-order valence-corrected chi connectivity index (χ3v) is 5.25. The minimum Gasteiger partial charge on any atom is -0.493 e. The number of nitrogen functional groups attached to an aromatic ring is 1. The van der Waals surface area contributed by atoms with E-state index in [1.165, 1.54) is 13.2 Å². The molecule has 0 bridgehead atoms. The van der Waals surface area contributed by atoms with Crippen molar-refractivity contribution in [3.05, 3.63) is 76.8 Å². The summed E-state index contributed by atoms with van der Waals surface area (Å²) in [5.74, 6) is 0.131. The van der Waals surface area contributed by atoms with Crippen molar-refractivity contribution in [1.82, 2.24) is 9.97 Å². The molecule has 10 nitrogen and oxygen atoms in total. The highest BCUT2D eigenvalue weighted by atomic mass is 16.5. The maximum atomic E-state index is 12.7. The van der Waals surface area contributed by atoms with Gasteiger partial charge in [0, 0.05) is 0 Å². The Hall–Kier alpha value is -4.60. The third kappa shape index (κ3) is 5.22. The molecule has 0 saturated heterocycles. The molecule has 186 valence electrons. The van der Waals surface area contributed by atoms with Gasteiger partial charge in [0.2, 0.25) is 5.71 Å². The standard InChI is InChI=1S/C26H25N3O7/c1-4-33-26(31)21-15(2)36-24-22(21)23(27)28-20(29-24)14-35-25(30)17-10-11-18(19(12-17)32-3)34-13-16-8-6-5-7-9-16/h5-12H,4,13-14H2,1-3H3,(H2,27,28,29). The number of methoxy groups -OCH3 is 1. The number of hydrogen-bond donors (Lipinski definition) is 1. The molecule has 2 heterocycles. The SMILES string of the molecule is CCOC(=O)c1c(C)oc2nc(COC(=O)c3ccc(OCc4ccccc4)c(OC)c3)nc(N)c12. The molecule has 0 aliphatic rings. The summed E-state index contributed by atoms with van der Waals surface area (Å²) in [6, 6.07) is 14.4. The first-order chi connectivity index (χ1) is 17.4. The van der Waals surface area contributed by atoms with Crippen molar-refractivity contribution in [1.29, 1.82) is 0 Å². The van der Waals surface area contributed by atoms with E-state index in [2.05, 4.69) is 9.97 Å². The summed E-state index contributed by atoms with van der Waals surface area (Å²) in [5, 5.41) is 0.261. The highest BCUT2D eigenvalue weighted by molar-refractivity contribution is 6.07. The van der Waals surface area contributed by atoms with E-state index in [0.29, 0.717) is 23.9 Å². The lowest BCUT2D eigenvalue weighted by Gasteiger charge is -2.12. The maximum Gasteiger partial charge on any atom is 0.342 e. The second-order valence-electron chi connectivity index (χ2n) is 7.67. The fourth-order valence-corrected chi connectivity index (χ4v) is 3.56. The minimum atomic E-state index is -0.618. The van der Waals surface area contributed by atoms with Crippen molar-refractivity contribution < 1.29 is 33.0 Å². The molecule has 2 aromatic heterocycles. The zero-order chi connectivity index (χ0) is 25.7. The summed E-state index contributed by atoms with van der Waals surface area (Å²) in [5.41, 5.74) is 7.60.